The van der Waals surface area contributed by atoms with Gasteiger partial charge < -0.3 is 4.90 Å². The number of nitrogens with zero attached hydrogens (tertiary/aromatic N) is 5. The molecular formula is C13H13N5. The maximum absolute atomic E-state index is 4.67. The molecule has 0 unspecified atom stereocenters. The van der Waals surface area contributed by atoms with Gasteiger partial charge in [-0.25, -0.2) is 19.9 Å². The first-order valence-electron chi connectivity index (χ1n) is 6.26. The lowest BCUT2D eigenvalue weighted by atomic mass is 10.3. The molecular weight excluding hydrogens is 226 g/mol. The van der Waals surface area contributed by atoms with Crippen molar-refractivity contribution in [3.05, 3.63) is 41.9 Å². The summed E-state index contributed by atoms with van der Waals surface area (Å²) < 4.78 is 0. The second kappa shape index (κ2) is 3.73. The normalized spacial score (nSPS) is 17.9. The molecule has 0 atom stereocenters. The molecule has 5 heteroatoms. The number of aromatic nitrogens is 4. The summed E-state index contributed by atoms with van der Waals surface area (Å²) in [7, 11) is 0. The van der Waals surface area contributed by atoms with Crippen LogP contribution in [0.2, 0.25) is 0 Å². The van der Waals surface area contributed by atoms with Crippen molar-refractivity contribution in [1.82, 2.24) is 19.9 Å². The van der Waals surface area contributed by atoms with Gasteiger partial charge in [0.1, 0.15) is 18.0 Å². The van der Waals surface area contributed by atoms with Gasteiger partial charge in [-0.2, -0.15) is 0 Å². The zero-order chi connectivity index (χ0) is 11.9. The van der Waals surface area contributed by atoms with E-state index in [1.165, 1.54) is 18.4 Å². The molecule has 2 aromatic rings. The lowest BCUT2D eigenvalue weighted by Crippen LogP contribution is -2.16. The second-order valence-corrected chi connectivity index (χ2v) is 4.90. The van der Waals surface area contributed by atoms with Gasteiger partial charge >= 0.3 is 0 Å². The summed E-state index contributed by atoms with van der Waals surface area (Å²) in [4.78, 5) is 19.6. The Kier molecular flexibility index (Phi) is 2.06. The van der Waals surface area contributed by atoms with Crippen LogP contribution in [0.5, 0.6) is 0 Å². The molecule has 0 N–H and O–H groups in total. The van der Waals surface area contributed by atoms with Crippen molar-refractivity contribution in [3.63, 3.8) is 0 Å². The van der Waals surface area contributed by atoms with Crippen LogP contribution in [0.1, 0.15) is 35.8 Å². The van der Waals surface area contributed by atoms with Gasteiger partial charge in [-0.3, -0.25) is 0 Å². The molecule has 0 spiro atoms. The highest BCUT2D eigenvalue weighted by Crippen LogP contribution is 2.38. The fourth-order valence-corrected chi connectivity index (χ4v) is 2.34. The zero-order valence-electron chi connectivity index (χ0n) is 9.95. The van der Waals surface area contributed by atoms with Crippen LogP contribution in [0, 0.1) is 0 Å². The predicted molar refractivity (Wildman–Crippen MR) is 65.9 cm³/mol. The SMILES string of the molecule is c1cc(N2Cc3cncnc3C2)nc(C2CC2)n1. The van der Waals surface area contributed by atoms with Gasteiger partial charge in [0.05, 0.1) is 12.2 Å². The quantitative estimate of drug-likeness (QED) is 0.797. The van der Waals surface area contributed by atoms with Gasteiger partial charge in [0.2, 0.25) is 0 Å². The summed E-state index contributed by atoms with van der Waals surface area (Å²) in [5, 5.41) is 0. The third kappa shape index (κ3) is 1.63. The summed E-state index contributed by atoms with van der Waals surface area (Å²) in [6, 6.07) is 1.98. The Hall–Kier alpha value is -2.04. The van der Waals surface area contributed by atoms with E-state index in [0.29, 0.717) is 5.92 Å². The summed E-state index contributed by atoms with van der Waals surface area (Å²) in [5.74, 6) is 2.59. The lowest BCUT2D eigenvalue weighted by molar-refractivity contribution is 0.820. The summed E-state index contributed by atoms with van der Waals surface area (Å²) in [5.41, 5.74) is 2.31. The van der Waals surface area contributed by atoms with Crippen LogP contribution < -0.4 is 4.90 Å². The van der Waals surface area contributed by atoms with E-state index in [-0.39, 0.29) is 0 Å². The average molecular weight is 239 g/mol. The molecule has 4 rings (SSSR count). The molecule has 5 nitrogen and oxygen atoms in total. The Morgan fingerprint density at radius 1 is 1.17 bits per heavy atom. The fraction of sp³-hybridized carbons (Fsp3) is 0.385. The molecule has 1 aliphatic carbocycles. The first-order valence-corrected chi connectivity index (χ1v) is 6.26. The molecule has 2 aliphatic rings. The van der Waals surface area contributed by atoms with E-state index in [0.717, 1.165) is 30.4 Å². The molecule has 3 heterocycles. The zero-order valence-corrected chi connectivity index (χ0v) is 9.95. The van der Waals surface area contributed by atoms with Crippen molar-refractivity contribution in [2.45, 2.75) is 31.8 Å². The molecule has 0 aromatic carbocycles. The van der Waals surface area contributed by atoms with Gasteiger partial charge in [-0.1, -0.05) is 0 Å². The van der Waals surface area contributed by atoms with E-state index >= 15 is 0 Å². The Morgan fingerprint density at radius 3 is 2.94 bits per heavy atom. The van der Waals surface area contributed by atoms with Gasteiger partial charge in [-0.05, 0) is 18.9 Å². The molecule has 18 heavy (non-hydrogen) atoms. The minimum atomic E-state index is 0.592. The molecule has 1 aliphatic heterocycles. The van der Waals surface area contributed by atoms with E-state index in [4.69, 9.17) is 0 Å². The number of hydrogen-bond donors (Lipinski definition) is 0. The summed E-state index contributed by atoms with van der Waals surface area (Å²) in [6.07, 6.45) is 7.83. The van der Waals surface area contributed by atoms with E-state index in [2.05, 4.69) is 24.8 Å². The highest BCUT2D eigenvalue weighted by Gasteiger charge is 2.28. The Morgan fingerprint density at radius 2 is 2.11 bits per heavy atom. The van der Waals surface area contributed by atoms with Crippen molar-refractivity contribution in [3.8, 4) is 0 Å². The smallest absolute Gasteiger partial charge is 0.133 e. The van der Waals surface area contributed by atoms with Crippen LogP contribution in [-0.2, 0) is 13.1 Å². The van der Waals surface area contributed by atoms with Crippen molar-refractivity contribution in [2.24, 2.45) is 0 Å². The van der Waals surface area contributed by atoms with Crippen LogP contribution in [-0.4, -0.2) is 19.9 Å². The first kappa shape index (κ1) is 9.94. The molecule has 1 saturated carbocycles. The largest absolute Gasteiger partial charge is 0.346 e. The van der Waals surface area contributed by atoms with Crippen molar-refractivity contribution in [1.29, 1.82) is 0 Å². The van der Waals surface area contributed by atoms with Crippen LogP contribution in [0.4, 0.5) is 5.82 Å². The molecule has 1 fully saturated rings. The van der Waals surface area contributed by atoms with Crippen molar-refractivity contribution < 1.29 is 0 Å². The first-order chi connectivity index (χ1) is 8.90. The molecule has 0 bridgehead atoms. The van der Waals surface area contributed by atoms with E-state index in [9.17, 15) is 0 Å². The van der Waals surface area contributed by atoms with Crippen LogP contribution in [0.15, 0.2) is 24.8 Å². The summed E-state index contributed by atoms with van der Waals surface area (Å²) in [6.45, 7) is 1.66. The number of fused-ring (bicyclic) bond motifs is 1. The van der Waals surface area contributed by atoms with Crippen molar-refractivity contribution >= 4 is 5.82 Å². The topological polar surface area (TPSA) is 54.8 Å². The standard InChI is InChI=1S/C13H13N5/c1-2-9(1)13-15-4-3-12(17-13)18-6-10-5-14-8-16-11(10)7-18/h3-5,8-9H,1-2,6-7H2. The number of rotatable bonds is 2. The Bertz CT molecular complexity index is 568. The van der Waals surface area contributed by atoms with Crippen LogP contribution >= 0.6 is 0 Å². The van der Waals surface area contributed by atoms with Gasteiger partial charge in [0.25, 0.3) is 0 Å². The minimum Gasteiger partial charge on any atom is -0.346 e. The van der Waals surface area contributed by atoms with Crippen molar-refractivity contribution in [2.75, 3.05) is 4.90 Å². The summed E-state index contributed by atoms with van der Waals surface area (Å²) >= 11 is 0. The highest BCUT2D eigenvalue weighted by atomic mass is 15.2. The monoisotopic (exact) mass is 239 g/mol. The third-order valence-corrected chi connectivity index (χ3v) is 3.51. The molecule has 0 amide bonds. The fourth-order valence-electron chi connectivity index (χ4n) is 2.34. The predicted octanol–water partition coefficient (Wildman–Crippen LogP) is 1.66. The van der Waals surface area contributed by atoms with E-state index in [1.54, 1.807) is 6.33 Å². The van der Waals surface area contributed by atoms with Crippen LogP contribution in [0.3, 0.4) is 0 Å². The maximum Gasteiger partial charge on any atom is 0.133 e. The molecule has 90 valence electrons. The van der Waals surface area contributed by atoms with Crippen LogP contribution in [0.25, 0.3) is 0 Å². The number of hydrogen-bond acceptors (Lipinski definition) is 5. The third-order valence-electron chi connectivity index (χ3n) is 3.51. The Balaban J connectivity index is 1.63. The lowest BCUT2D eigenvalue weighted by Gasteiger charge is -2.16. The molecule has 2 aromatic heterocycles. The van der Waals surface area contributed by atoms with E-state index < -0.39 is 0 Å². The molecule has 0 saturated heterocycles. The highest BCUT2D eigenvalue weighted by molar-refractivity contribution is 5.44. The van der Waals surface area contributed by atoms with E-state index in [1.807, 2.05) is 18.5 Å². The van der Waals surface area contributed by atoms with Gasteiger partial charge in [-0.15, -0.1) is 0 Å². The average Bonchev–Trinajstić information content (AvgIpc) is 3.18. The molecule has 0 radical (unpaired) electrons. The maximum atomic E-state index is 4.67. The Labute approximate surface area is 105 Å². The van der Waals surface area contributed by atoms with Gasteiger partial charge in [0.15, 0.2) is 0 Å². The second-order valence-electron chi connectivity index (χ2n) is 4.90. The number of anilines is 1. The van der Waals surface area contributed by atoms with Gasteiger partial charge in [0, 0.05) is 30.4 Å². The minimum absolute atomic E-state index is 0.592.